The molecule has 0 saturated heterocycles. The van der Waals surface area contributed by atoms with Crippen LogP contribution in [-0.4, -0.2) is 9.97 Å². The Morgan fingerprint density at radius 1 is 1.22 bits per heavy atom. The molecule has 18 heavy (non-hydrogen) atoms. The van der Waals surface area contributed by atoms with Crippen molar-refractivity contribution in [2.45, 2.75) is 29.7 Å². The molecule has 0 aliphatic carbocycles. The van der Waals surface area contributed by atoms with Gasteiger partial charge in [0.2, 0.25) is 0 Å². The molecule has 0 aliphatic heterocycles. The van der Waals surface area contributed by atoms with E-state index in [-0.39, 0.29) is 0 Å². The molecule has 1 aromatic heterocycles. The second-order valence-corrected chi connectivity index (χ2v) is 6.36. The number of hydrogen-bond acceptors (Lipinski definition) is 3. The molecule has 5 heteroatoms. The molecule has 0 atom stereocenters. The number of aromatic nitrogens is 2. The highest BCUT2D eigenvalue weighted by Crippen LogP contribution is 2.33. The second-order valence-electron chi connectivity index (χ2n) is 4.07. The fraction of sp³-hybridized carbons (Fsp3) is 0.231. The highest BCUT2D eigenvalue weighted by atomic mass is 79.9. The third-order valence-corrected chi connectivity index (χ3v) is 4.10. The van der Waals surface area contributed by atoms with Crippen molar-refractivity contribution >= 4 is 39.3 Å². The molecule has 0 unspecified atom stereocenters. The monoisotopic (exact) mass is 342 g/mol. The van der Waals surface area contributed by atoms with E-state index in [1.54, 1.807) is 11.8 Å². The molecule has 0 N–H and O–H groups in total. The van der Waals surface area contributed by atoms with Gasteiger partial charge in [-0.15, -0.1) is 0 Å². The molecule has 0 spiro atoms. The maximum atomic E-state index is 6.14. The molecule has 0 bridgehead atoms. The fourth-order valence-electron chi connectivity index (χ4n) is 1.36. The van der Waals surface area contributed by atoms with Gasteiger partial charge in [0, 0.05) is 16.9 Å². The van der Waals surface area contributed by atoms with Crippen molar-refractivity contribution in [1.82, 2.24) is 9.97 Å². The van der Waals surface area contributed by atoms with E-state index in [0.717, 1.165) is 25.4 Å². The van der Waals surface area contributed by atoms with E-state index in [1.165, 1.54) is 0 Å². The minimum Gasteiger partial charge on any atom is -0.226 e. The average Bonchev–Trinajstić information content (AvgIpc) is 2.31. The van der Waals surface area contributed by atoms with Gasteiger partial charge >= 0.3 is 0 Å². The Morgan fingerprint density at radius 3 is 2.61 bits per heavy atom. The van der Waals surface area contributed by atoms with Crippen LogP contribution in [0.1, 0.15) is 25.6 Å². The first kappa shape index (κ1) is 13.8. The Hall–Kier alpha value is -0.580. The molecule has 1 aromatic carbocycles. The Kier molecular flexibility index (Phi) is 4.65. The van der Waals surface area contributed by atoms with Gasteiger partial charge in [0.25, 0.3) is 0 Å². The topological polar surface area (TPSA) is 25.8 Å². The van der Waals surface area contributed by atoms with E-state index < -0.39 is 0 Å². The maximum absolute atomic E-state index is 6.14. The van der Waals surface area contributed by atoms with Gasteiger partial charge in [0.15, 0.2) is 0 Å². The van der Waals surface area contributed by atoms with E-state index in [2.05, 4.69) is 39.7 Å². The molecular formula is C13H12BrClN2S. The van der Waals surface area contributed by atoms with Crippen molar-refractivity contribution in [3.63, 3.8) is 0 Å². The van der Waals surface area contributed by atoms with Crippen LogP contribution >= 0.6 is 39.3 Å². The summed E-state index contributed by atoms with van der Waals surface area (Å²) in [6, 6.07) is 9.65. The van der Waals surface area contributed by atoms with E-state index in [0.29, 0.717) is 5.92 Å². The highest BCUT2D eigenvalue weighted by Gasteiger charge is 2.09. The standard InChI is InChI=1S/C13H12BrClN2S/c1-8(2)13-16-11(14)7-12(17-13)18-10-6-4-3-5-9(10)15/h3-8H,1-2H3. The van der Waals surface area contributed by atoms with Crippen LogP contribution in [0.4, 0.5) is 0 Å². The first-order valence-corrected chi connectivity index (χ1v) is 7.52. The van der Waals surface area contributed by atoms with E-state index >= 15 is 0 Å². The van der Waals surface area contributed by atoms with Crippen LogP contribution < -0.4 is 0 Å². The molecule has 0 aliphatic rings. The number of halogens is 2. The summed E-state index contributed by atoms with van der Waals surface area (Å²) >= 11 is 11.1. The molecule has 0 saturated carbocycles. The SMILES string of the molecule is CC(C)c1nc(Br)cc(Sc2ccccc2Cl)n1. The third-order valence-electron chi connectivity index (χ3n) is 2.26. The number of benzene rings is 1. The lowest BCUT2D eigenvalue weighted by molar-refractivity contribution is 0.748. The van der Waals surface area contributed by atoms with Gasteiger partial charge in [0.05, 0.1) is 5.02 Å². The Balaban J connectivity index is 2.32. The number of rotatable bonds is 3. The first-order chi connectivity index (χ1) is 8.56. The van der Waals surface area contributed by atoms with Gasteiger partial charge in [-0.3, -0.25) is 0 Å². The lowest BCUT2D eigenvalue weighted by Crippen LogP contribution is -1.98. The van der Waals surface area contributed by atoms with Gasteiger partial charge in [-0.25, -0.2) is 9.97 Å². The zero-order valence-corrected chi connectivity index (χ0v) is 13.2. The maximum Gasteiger partial charge on any atom is 0.133 e. The number of nitrogens with zero attached hydrogens (tertiary/aromatic N) is 2. The van der Waals surface area contributed by atoms with Crippen LogP contribution in [0.5, 0.6) is 0 Å². The van der Waals surface area contributed by atoms with Gasteiger partial charge in [-0.1, -0.05) is 49.3 Å². The summed E-state index contributed by atoms with van der Waals surface area (Å²) in [7, 11) is 0. The second kappa shape index (κ2) is 6.04. The van der Waals surface area contributed by atoms with Crippen molar-refractivity contribution in [2.75, 3.05) is 0 Å². The predicted octanol–water partition coefficient (Wildman–Crippen LogP) is 5.17. The highest BCUT2D eigenvalue weighted by molar-refractivity contribution is 9.10. The lowest BCUT2D eigenvalue weighted by Gasteiger charge is -2.08. The minimum absolute atomic E-state index is 0.299. The summed E-state index contributed by atoms with van der Waals surface area (Å²) in [6.07, 6.45) is 0. The largest absolute Gasteiger partial charge is 0.226 e. The zero-order valence-electron chi connectivity index (χ0n) is 10.0. The van der Waals surface area contributed by atoms with Crippen LogP contribution in [0, 0.1) is 0 Å². The molecule has 2 nitrogen and oxygen atoms in total. The van der Waals surface area contributed by atoms with Crippen molar-refractivity contribution in [1.29, 1.82) is 0 Å². The van der Waals surface area contributed by atoms with Crippen LogP contribution in [0.3, 0.4) is 0 Å². The third kappa shape index (κ3) is 3.46. The smallest absolute Gasteiger partial charge is 0.133 e. The van der Waals surface area contributed by atoms with Gasteiger partial charge < -0.3 is 0 Å². The van der Waals surface area contributed by atoms with Crippen molar-refractivity contribution in [3.05, 3.63) is 45.8 Å². The van der Waals surface area contributed by atoms with Crippen LogP contribution in [0.25, 0.3) is 0 Å². The molecule has 94 valence electrons. The normalized spacial score (nSPS) is 10.9. The molecule has 2 rings (SSSR count). The molecule has 1 heterocycles. The molecule has 0 fully saturated rings. The first-order valence-electron chi connectivity index (χ1n) is 5.53. The predicted molar refractivity (Wildman–Crippen MR) is 79.4 cm³/mol. The summed E-state index contributed by atoms with van der Waals surface area (Å²) in [5.74, 6) is 1.13. The van der Waals surface area contributed by atoms with Gasteiger partial charge in [-0.2, -0.15) is 0 Å². The van der Waals surface area contributed by atoms with Gasteiger partial charge in [-0.05, 0) is 28.1 Å². The summed E-state index contributed by atoms with van der Waals surface area (Å²) in [6.45, 7) is 4.15. The van der Waals surface area contributed by atoms with Gasteiger partial charge in [0.1, 0.15) is 15.5 Å². The Labute approximate surface area is 124 Å². The quantitative estimate of drug-likeness (QED) is 0.719. The lowest BCUT2D eigenvalue weighted by atomic mass is 10.2. The Bertz CT molecular complexity index is 560. The summed E-state index contributed by atoms with van der Waals surface area (Å²) in [5.41, 5.74) is 0. The summed E-state index contributed by atoms with van der Waals surface area (Å²) < 4.78 is 0.802. The van der Waals surface area contributed by atoms with E-state index in [4.69, 9.17) is 11.6 Å². The minimum atomic E-state index is 0.299. The average molecular weight is 344 g/mol. The van der Waals surface area contributed by atoms with Crippen molar-refractivity contribution in [2.24, 2.45) is 0 Å². The van der Waals surface area contributed by atoms with Crippen LogP contribution in [0.15, 0.2) is 44.9 Å². The van der Waals surface area contributed by atoms with E-state index in [1.807, 2.05) is 30.3 Å². The summed E-state index contributed by atoms with van der Waals surface area (Å²) in [4.78, 5) is 9.89. The number of hydrogen-bond donors (Lipinski definition) is 0. The zero-order chi connectivity index (χ0) is 13.1. The van der Waals surface area contributed by atoms with Crippen LogP contribution in [-0.2, 0) is 0 Å². The molecule has 0 radical (unpaired) electrons. The fourth-order valence-corrected chi connectivity index (χ4v) is 3.01. The van der Waals surface area contributed by atoms with E-state index in [9.17, 15) is 0 Å². The molecule has 0 amide bonds. The summed E-state index contributed by atoms with van der Waals surface area (Å²) in [5, 5.41) is 1.64. The van der Waals surface area contributed by atoms with Crippen molar-refractivity contribution < 1.29 is 0 Å². The molecule has 2 aromatic rings. The Morgan fingerprint density at radius 2 is 1.94 bits per heavy atom. The molecular weight excluding hydrogens is 332 g/mol. The van der Waals surface area contributed by atoms with Crippen LogP contribution in [0.2, 0.25) is 5.02 Å². The van der Waals surface area contributed by atoms with Crippen molar-refractivity contribution in [3.8, 4) is 0 Å².